The molecule has 0 radical (unpaired) electrons. The van der Waals surface area contributed by atoms with Gasteiger partial charge in [-0.1, -0.05) is 83.5 Å². The molecule has 0 saturated heterocycles. The molecule has 0 rings (SSSR count). The Kier molecular flexibility index (Phi) is 13.4. The fraction of sp³-hybridized carbons (Fsp3) is 0.0625. The predicted octanol–water partition coefficient (Wildman–Crippen LogP) is 11.0. The third-order valence-corrected chi connectivity index (χ3v) is 4.67. The van der Waals surface area contributed by atoms with Crippen LogP contribution < -0.4 is 0 Å². The molecule has 8 heteroatoms. The van der Waals surface area contributed by atoms with E-state index in [4.69, 9.17) is 0 Å². The van der Waals surface area contributed by atoms with E-state index in [1.807, 2.05) is 0 Å². The van der Waals surface area contributed by atoms with Gasteiger partial charge in [-0.2, -0.15) is 8.78 Å². The van der Waals surface area contributed by atoms with Crippen molar-refractivity contribution < 1.29 is 35.5 Å². The Morgan fingerprint density at radius 2 is 1.00 bits per heavy atom. The van der Waals surface area contributed by atoms with Crippen LogP contribution in [0.4, 0.5) is 30.7 Å². The van der Waals surface area contributed by atoms with Gasteiger partial charge in [-0.25, -0.2) is 22.0 Å². The summed E-state index contributed by atoms with van der Waals surface area (Å²) < 4.78 is 101. The molecule has 0 aromatic rings. The van der Waals surface area contributed by atoms with Gasteiger partial charge < -0.3 is 4.74 Å². The molecule has 0 N–H and O–H groups in total. The first kappa shape index (κ1) is 35.4. The van der Waals surface area contributed by atoms with Gasteiger partial charge in [0.2, 0.25) is 0 Å². The Balaban J connectivity index is 5.42. The summed E-state index contributed by atoms with van der Waals surface area (Å²) >= 11 is 0. The van der Waals surface area contributed by atoms with Gasteiger partial charge in [-0.3, -0.25) is 0 Å². The van der Waals surface area contributed by atoms with Crippen LogP contribution in [0.15, 0.2) is 182 Å². The molecule has 0 bridgehead atoms. The Morgan fingerprint density at radius 1 is 0.550 bits per heavy atom. The molecule has 0 unspecified atom stereocenters. The lowest BCUT2D eigenvalue weighted by atomic mass is 10.0. The van der Waals surface area contributed by atoms with Crippen LogP contribution in [-0.2, 0) is 4.74 Å². The van der Waals surface area contributed by atoms with Gasteiger partial charge in [-0.05, 0) is 47.4 Å². The normalized spacial score (nSPS) is 13.0. The first-order chi connectivity index (χ1) is 18.2. The third-order valence-electron chi connectivity index (χ3n) is 4.67. The van der Waals surface area contributed by atoms with Gasteiger partial charge in [0.25, 0.3) is 0 Å². The molecule has 0 aliphatic rings. The smallest absolute Gasteiger partial charge is 0.428 e. The number of rotatable bonds is 16. The lowest BCUT2D eigenvalue weighted by molar-refractivity contribution is -0.177. The minimum atomic E-state index is -4.24. The Morgan fingerprint density at radius 3 is 1.50 bits per heavy atom. The second kappa shape index (κ2) is 15.1. The average molecular weight is 563 g/mol. The van der Waals surface area contributed by atoms with E-state index in [1.54, 1.807) is 0 Å². The molecule has 212 valence electrons. The molecule has 0 aliphatic heterocycles. The highest BCUT2D eigenvalue weighted by Crippen LogP contribution is 2.34. The highest BCUT2D eigenvalue weighted by atomic mass is 19.3. The lowest BCUT2D eigenvalue weighted by Gasteiger charge is -2.19. The van der Waals surface area contributed by atoms with E-state index in [0.717, 1.165) is 12.2 Å². The van der Waals surface area contributed by atoms with Crippen molar-refractivity contribution >= 4 is 0 Å². The zero-order chi connectivity index (χ0) is 31.5. The summed E-state index contributed by atoms with van der Waals surface area (Å²) in [5, 5.41) is 0. The van der Waals surface area contributed by atoms with E-state index in [-0.39, 0.29) is 39.0 Å². The molecule has 0 heterocycles. The molecule has 0 amide bonds. The van der Waals surface area contributed by atoms with Gasteiger partial charge in [0.1, 0.15) is 23.2 Å². The van der Waals surface area contributed by atoms with Crippen molar-refractivity contribution in [3.63, 3.8) is 0 Å². The van der Waals surface area contributed by atoms with Crippen LogP contribution in [-0.4, -0.2) is 6.11 Å². The fourth-order valence-corrected chi connectivity index (χ4v) is 2.29. The summed E-state index contributed by atoms with van der Waals surface area (Å²) in [7, 11) is 0. The van der Waals surface area contributed by atoms with Crippen LogP contribution in [0, 0.1) is 0 Å². The maximum atomic E-state index is 14.5. The SMILES string of the molecule is C=C(C)/C=C(/F)C(=C)C(F)(F)OC(=C)/C=C(/F)C(=C)C(=C)/C=C\C(=C)C(=C)/C=C(/F)C(=C)C(=C)/C=C(/F)C(=C)F. The van der Waals surface area contributed by atoms with Crippen molar-refractivity contribution in [1.82, 2.24) is 0 Å². The predicted molar refractivity (Wildman–Crippen MR) is 150 cm³/mol. The fourth-order valence-electron chi connectivity index (χ4n) is 2.29. The molecule has 40 heavy (non-hydrogen) atoms. The van der Waals surface area contributed by atoms with E-state index in [1.165, 1.54) is 19.1 Å². The van der Waals surface area contributed by atoms with Crippen molar-refractivity contribution in [1.29, 1.82) is 0 Å². The van der Waals surface area contributed by atoms with Gasteiger partial charge in [-0.15, -0.1) is 0 Å². The molecular formula is C32H29F7O. The first-order valence-corrected chi connectivity index (χ1v) is 11.0. The maximum absolute atomic E-state index is 14.5. The zero-order valence-corrected chi connectivity index (χ0v) is 22.1. The molecule has 0 aliphatic carbocycles. The second-order valence-corrected chi connectivity index (χ2v) is 8.18. The number of hydrogen-bond donors (Lipinski definition) is 0. The quantitative estimate of drug-likeness (QED) is 0.103. The summed E-state index contributed by atoms with van der Waals surface area (Å²) in [5.41, 5.74) is -2.03. The van der Waals surface area contributed by atoms with Crippen LogP contribution in [0.2, 0.25) is 0 Å². The summed E-state index contributed by atoms with van der Waals surface area (Å²) in [6.45, 7) is 34.8. The standard InChI is InChI=1S/C32H29F7O/c1-18(2)14-30(36)26(10)32(38,39)40-23(7)17-29(35)24(8)20(4)13-12-19(3)21(5)15-28(34)25(9)22(6)16-31(37)27(11)33/h12-17H,1,3-11H2,2H3/b13-12-,28-15+,29-17+,30-14+,31-16+. The highest BCUT2D eigenvalue weighted by Gasteiger charge is 2.38. The second-order valence-electron chi connectivity index (χ2n) is 8.18. The number of hydrogen-bond acceptors (Lipinski definition) is 1. The summed E-state index contributed by atoms with van der Waals surface area (Å²) in [6, 6.07) is 0. The number of alkyl halides is 2. The largest absolute Gasteiger partial charge is 0.429 e. The Labute approximate surface area is 230 Å². The van der Waals surface area contributed by atoms with Gasteiger partial charge >= 0.3 is 6.11 Å². The molecule has 0 aromatic carbocycles. The summed E-state index contributed by atoms with van der Waals surface area (Å²) in [5.74, 6) is -7.07. The number of allylic oxidation sites excluding steroid dienone is 17. The van der Waals surface area contributed by atoms with E-state index >= 15 is 0 Å². The van der Waals surface area contributed by atoms with E-state index in [0.29, 0.717) is 12.2 Å². The minimum absolute atomic E-state index is 0.0219. The molecule has 0 atom stereocenters. The minimum Gasteiger partial charge on any atom is -0.429 e. The van der Waals surface area contributed by atoms with Gasteiger partial charge in [0, 0.05) is 17.2 Å². The van der Waals surface area contributed by atoms with Crippen molar-refractivity contribution in [2.75, 3.05) is 0 Å². The molecule has 1 nitrogen and oxygen atoms in total. The van der Waals surface area contributed by atoms with Crippen molar-refractivity contribution in [3.8, 4) is 0 Å². The zero-order valence-electron chi connectivity index (χ0n) is 22.1. The molecular weight excluding hydrogens is 533 g/mol. The average Bonchev–Trinajstić information content (AvgIpc) is 2.84. The van der Waals surface area contributed by atoms with Crippen LogP contribution >= 0.6 is 0 Å². The van der Waals surface area contributed by atoms with Crippen molar-refractivity contribution in [2.24, 2.45) is 0 Å². The van der Waals surface area contributed by atoms with Gasteiger partial charge in [0.15, 0.2) is 11.7 Å². The van der Waals surface area contributed by atoms with Gasteiger partial charge in [0.05, 0.1) is 5.57 Å². The maximum Gasteiger partial charge on any atom is 0.428 e. The van der Waals surface area contributed by atoms with E-state index in [2.05, 4.69) is 70.5 Å². The highest BCUT2D eigenvalue weighted by molar-refractivity contribution is 5.54. The molecule has 0 fully saturated rings. The van der Waals surface area contributed by atoms with Crippen LogP contribution in [0.5, 0.6) is 0 Å². The van der Waals surface area contributed by atoms with Crippen molar-refractivity contribution in [2.45, 2.75) is 13.0 Å². The monoisotopic (exact) mass is 562 g/mol. The summed E-state index contributed by atoms with van der Waals surface area (Å²) in [4.78, 5) is 0. The first-order valence-electron chi connectivity index (χ1n) is 11.0. The third kappa shape index (κ3) is 11.4. The lowest BCUT2D eigenvalue weighted by Crippen LogP contribution is -2.23. The number of ether oxygens (including phenoxy) is 1. The molecule has 0 spiro atoms. The van der Waals surface area contributed by atoms with E-state index < -0.39 is 46.6 Å². The molecule has 0 saturated carbocycles. The van der Waals surface area contributed by atoms with Crippen LogP contribution in [0.25, 0.3) is 0 Å². The summed E-state index contributed by atoms with van der Waals surface area (Å²) in [6.07, 6.45) is 0.988. The van der Waals surface area contributed by atoms with Crippen LogP contribution in [0.1, 0.15) is 6.92 Å². The van der Waals surface area contributed by atoms with Crippen LogP contribution in [0.3, 0.4) is 0 Å². The topological polar surface area (TPSA) is 9.23 Å². The van der Waals surface area contributed by atoms with E-state index in [9.17, 15) is 30.7 Å². The van der Waals surface area contributed by atoms with Crippen molar-refractivity contribution in [3.05, 3.63) is 182 Å². The molecule has 0 aromatic heterocycles. The Bertz CT molecular complexity index is 1350. The number of halogens is 7. The Hall–Kier alpha value is -4.59.